The van der Waals surface area contributed by atoms with Gasteiger partial charge in [0.1, 0.15) is 28.7 Å². The van der Waals surface area contributed by atoms with Gasteiger partial charge >= 0.3 is 0 Å². The average Bonchev–Trinajstić information content (AvgIpc) is 3.95. The second-order valence-electron chi connectivity index (χ2n) is 14.1. The first-order valence-electron chi connectivity index (χ1n) is 19.4. The molecule has 0 aliphatic carbocycles. The fraction of sp³-hybridized carbons (Fsp3) is 0.111. The molecule has 8 rings (SSSR count). The molecule has 0 bridgehead atoms. The summed E-state index contributed by atoms with van der Waals surface area (Å²) in [5.41, 5.74) is 5.25. The molecule has 328 valence electrons. The van der Waals surface area contributed by atoms with Crippen LogP contribution < -0.4 is 29.6 Å². The number of nitrogens with one attached hydrogen (secondary N) is 6. The van der Waals surface area contributed by atoms with Gasteiger partial charge in [0.25, 0.3) is 31.9 Å². The van der Waals surface area contributed by atoms with Crippen LogP contribution in [0.4, 0.5) is 15.8 Å². The number of ether oxygens (including phenoxy) is 2. The lowest BCUT2D eigenvalue weighted by molar-refractivity contribution is 0.0939. The van der Waals surface area contributed by atoms with E-state index in [2.05, 4.69) is 40.0 Å². The van der Waals surface area contributed by atoms with E-state index in [1.165, 1.54) is 44.6 Å². The first-order valence-corrected chi connectivity index (χ1v) is 22.3. The Morgan fingerprint density at radius 1 is 0.609 bits per heavy atom. The maximum Gasteiger partial charge on any atom is 0.267 e. The van der Waals surface area contributed by atoms with Crippen molar-refractivity contribution in [2.24, 2.45) is 0 Å². The molecule has 4 heterocycles. The third kappa shape index (κ3) is 10.5. The van der Waals surface area contributed by atoms with Gasteiger partial charge in [-0.15, -0.1) is 0 Å². The number of aromatic nitrogens is 4. The van der Waals surface area contributed by atoms with Crippen LogP contribution >= 0.6 is 0 Å². The summed E-state index contributed by atoms with van der Waals surface area (Å²) in [4.78, 5) is 39.1. The Labute approximate surface area is 367 Å². The van der Waals surface area contributed by atoms with Crippen molar-refractivity contribution in [3.8, 4) is 11.5 Å². The van der Waals surface area contributed by atoms with Crippen molar-refractivity contribution in [3.63, 3.8) is 0 Å². The van der Waals surface area contributed by atoms with Crippen molar-refractivity contribution in [2.45, 2.75) is 29.8 Å². The Bertz CT molecular complexity index is 3130. The fourth-order valence-electron chi connectivity index (χ4n) is 6.42. The number of carbonyl (C=O) groups excluding carboxylic acids is 2. The number of benzene rings is 4. The Hall–Kier alpha value is -7.77. The molecular weight excluding hydrogens is 864 g/mol. The van der Waals surface area contributed by atoms with Crippen molar-refractivity contribution in [1.82, 2.24) is 30.6 Å². The number of pyridine rings is 2. The van der Waals surface area contributed by atoms with Gasteiger partial charge in [-0.3, -0.25) is 29.0 Å². The van der Waals surface area contributed by atoms with Crippen LogP contribution in [0, 0.1) is 12.7 Å². The number of halogens is 1. The second-order valence-corrected chi connectivity index (χ2v) is 17.5. The number of H-pyrrole nitrogens is 2. The van der Waals surface area contributed by atoms with Gasteiger partial charge in [-0.1, -0.05) is 30.3 Å². The summed E-state index contributed by atoms with van der Waals surface area (Å²) in [6.07, 6.45) is 6.64. The fourth-order valence-corrected chi connectivity index (χ4v) is 8.61. The summed E-state index contributed by atoms with van der Waals surface area (Å²) < 4.78 is 79.4. The highest BCUT2D eigenvalue weighted by Gasteiger charge is 2.19. The van der Waals surface area contributed by atoms with Crippen molar-refractivity contribution in [3.05, 3.63) is 168 Å². The Kier molecular flexibility index (Phi) is 13.2. The van der Waals surface area contributed by atoms with E-state index >= 15 is 0 Å². The number of nitrogens with zero attached hydrogens (tertiary/aromatic N) is 2. The molecule has 0 aliphatic rings. The molecule has 0 saturated heterocycles. The summed E-state index contributed by atoms with van der Waals surface area (Å²) in [5, 5.41) is 7.30. The first-order chi connectivity index (χ1) is 30.7. The quantitative estimate of drug-likeness (QED) is 0.0652. The Morgan fingerprint density at radius 3 is 1.56 bits per heavy atom. The van der Waals surface area contributed by atoms with Crippen molar-refractivity contribution < 1.29 is 40.3 Å². The van der Waals surface area contributed by atoms with Crippen LogP contribution in [0.1, 0.15) is 37.7 Å². The number of aromatic amines is 2. The van der Waals surface area contributed by atoms with E-state index in [0.29, 0.717) is 28.4 Å². The molecule has 0 aliphatic heterocycles. The minimum Gasteiger partial charge on any atom is -0.496 e. The van der Waals surface area contributed by atoms with Crippen molar-refractivity contribution >= 4 is 65.0 Å². The van der Waals surface area contributed by atoms with Gasteiger partial charge in [-0.05, 0) is 90.8 Å². The van der Waals surface area contributed by atoms with Gasteiger partial charge in [-0.25, -0.2) is 21.2 Å². The summed E-state index contributed by atoms with van der Waals surface area (Å²) in [6.45, 7) is 2.26. The van der Waals surface area contributed by atoms with Crippen LogP contribution in [0.3, 0.4) is 0 Å². The van der Waals surface area contributed by atoms with Crippen LogP contribution in [-0.2, 0) is 33.1 Å². The van der Waals surface area contributed by atoms with E-state index in [1.54, 1.807) is 98.4 Å². The highest BCUT2D eigenvalue weighted by Crippen LogP contribution is 2.29. The minimum atomic E-state index is -3.92. The molecule has 4 aromatic heterocycles. The molecule has 8 aromatic rings. The largest absolute Gasteiger partial charge is 0.496 e. The first kappa shape index (κ1) is 44.3. The SMILES string of the molecule is COc1cc(F)ccc1NS(=O)(=O)c1ccc(CNC(=O)c2cc3cnccc3[nH]2)cc1.COc1cccc(NS(=O)(=O)c2ccc(CNC(=O)c3cc4cnccc4[nH]3)cc2)c1C. The van der Waals surface area contributed by atoms with Crippen LogP contribution in [0.25, 0.3) is 21.8 Å². The molecule has 4 aromatic carbocycles. The predicted octanol–water partition coefficient (Wildman–Crippen LogP) is 7.05. The normalized spacial score (nSPS) is 11.3. The number of hydrogen-bond donors (Lipinski definition) is 6. The predicted molar refractivity (Wildman–Crippen MR) is 240 cm³/mol. The summed E-state index contributed by atoms with van der Waals surface area (Å²) in [5.74, 6) is -0.417. The highest BCUT2D eigenvalue weighted by atomic mass is 32.2. The van der Waals surface area contributed by atoms with E-state index in [0.717, 1.165) is 45.1 Å². The highest BCUT2D eigenvalue weighted by molar-refractivity contribution is 7.93. The maximum atomic E-state index is 13.3. The zero-order chi connectivity index (χ0) is 45.4. The van der Waals surface area contributed by atoms with Gasteiger partial charge in [-0.2, -0.15) is 0 Å². The van der Waals surface area contributed by atoms with Gasteiger partial charge in [0, 0.05) is 71.3 Å². The minimum absolute atomic E-state index is 0.0158. The monoisotopic (exact) mass is 904 g/mol. The maximum absolute atomic E-state index is 13.3. The molecule has 19 heteroatoms. The molecule has 0 spiro atoms. The Balaban J connectivity index is 0.000000191. The molecule has 0 unspecified atom stereocenters. The van der Waals surface area contributed by atoms with Crippen LogP contribution in [0.5, 0.6) is 11.5 Å². The van der Waals surface area contributed by atoms with Gasteiger partial charge in [0.15, 0.2) is 0 Å². The zero-order valence-corrected chi connectivity index (χ0v) is 36.1. The lowest BCUT2D eigenvalue weighted by atomic mass is 10.2. The lowest BCUT2D eigenvalue weighted by Gasteiger charge is -2.13. The van der Waals surface area contributed by atoms with Gasteiger partial charge in [0.05, 0.1) is 35.4 Å². The topological polar surface area (TPSA) is 226 Å². The van der Waals surface area contributed by atoms with E-state index in [9.17, 15) is 30.8 Å². The molecule has 6 N–H and O–H groups in total. The number of sulfonamides is 2. The Morgan fingerprint density at radius 2 is 1.09 bits per heavy atom. The van der Waals surface area contributed by atoms with Crippen molar-refractivity contribution in [1.29, 1.82) is 0 Å². The number of amides is 2. The molecule has 0 fully saturated rings. The molecule has 2 amide bonds. The number of fused-ring (bicyclic) bond motifs is 2. The van der Waals surface area contributed by atoms with E-state index < -0.39 is 25.9 Å². The summed E-state index contributed by atoms with van der Waals surface area (Å²) in [6, 6.07) is 28.1. The number of rotatable bonds is 14. The van der Waals surface area contributed by atoms with Crippen LogP contribution in [0.2, 0.25) is 0 Å². The summed E-state index contributed by atoms with van der Waals surface area (Å²) in [7, 11) is -4.83. The lowest BCUT2D eigenvalue weighted by Crippen LogP contribution is -2.23. The summed E-state index contributed by atoms with van der Waals surface area (Å²) >= 11 is 0. The van der Waals surface area contributed by atoms with Gasteiger partial charge < -0.3 is 30.1 Å². The molecule has 64 heavy (non-hydrogen) atoms. The molecule has 0 atom stereocenters. The van der Waals surface area contributed by atoms with Crippen molar-refractivity contribution in [2.75, 3.05) is 23.7 Å². The third-order valence-electron chi connectivity index (χ3n) is 9.86. The second kappa shape index (κ2) is 19.1. The number of methoxy groups -OCH3 is 2. The standard InChI is InChI=1S/C23H22N4O4S.C22H19FN4O4S/c1-15-19(4-3-5-22(15)31-2)27-32(29,30)18-8-6-16(7-9-18)13-25-23(28)21-12-17-14-24-11-10-20(17)26-21;1-31-21-11-16(23)4-7-19(21)27-32(29,30)17-5-2-14(3-6-17)12-25-22(28)20-10-15-13-24-9-8-18(15)26-20/h3-12,14,26-27H,13H2,1-2H3,(H,25,28);2-11,13,26-27H,12H2,1H3,(H,25,28). The average molecular weight is 905 g/mol. The molecular formula is C45H41FN8O8S2. The molecule has 0 saturated carbocycles. The van der Waals surface area contributed by atoms with Crippen LogP contribution in [-0.4, -0.2) is 62.8 Å². The van der Waals surface area contributed by atoms with E-state index in [4.69, 9.17) is 9.47 Å². The number of carbonyl (C=O) groups is 2. The zero-order valence-electron chi connectivity index (χ0n) is 34.5. The molecule has 16 nitrogen and oxygen atoms in total. The molecule has 0 radical (unpaired) electrons. The smallest absolute Gasteiger partial charge is 0.267 e. The third-order valence-corrected chi connectivity index (χ3v) is 12.6. The number of anilines is 2. The van der Waals surface area contributed by atoms with Gasteiger partial charge in [0.2, 0.25) is 0 Å². The van der Waals surface area contributed by atoms with E-state index in [-0.39, 0.29) is 46.1 Å². The van der Waals surface area contributed by atoms with E-state index in [1.807, 2.05) is 0 Å². The number of hydrogen-bond acceptors (Lipinski definition) is 10. The van der Waals surface area contributed by atoms with Crippen LogP contribution in [0.15, 0.2) is 144 Å².